The van der Waals surface area contributed by atoms with Crippen LogP contribution in [0.25, 0.3) is 0 Å². The second kappa shape index (κ2) is 5.96. The summed E-state index contributed by atoms with van der Waals surface area (Å²) in [5, 5.41) is 5.76. The number of rotatable bonds is 2. The fourth-order valence-corrected chi connectivity index (χ4v) is 3.49. The molecule has 0 N–H and O–H groups in total. The van der Waals surface area contributed by atoms with Crippen LogP contribution in [-0.4, -0.2) is 51.3 Å². The van der Waals surface area contributed by atoms with Crippen LogP contribution in [-0.2, 0) is 21.0 Å². The molecule has 124 valence electrons. The first-order chi connectivity index (χ1) is 11.2. The highest BCUT2D eigenvalue weighted by Crippen LogP contribution is 2.31. The van der Waals surface area contributed by atoms with Crippen LogP contribution in [0.5, 0.6) is 0 Å². The minimum Gasteiger partial charge on any atom is -0.334 e. The monoisotopic (exact) mass is 318 g/mol. The zero-order chi connectivity index (χ0) is 15.8. The summed E-state index contributed by atoms with van der Waals surface area (Å²) in [7, 11) is 0. The lowest BCUT2D eigenvalue weighted by Crippen LogP contribution is -2.50. The zero-order valence-corrected chi connectivity index (χ0v) is 13.2. The quantitative estimate of drug-likeness (QED) is 0.819. The van der Waals surface area contributed by atoms with E-state index in [1.54, 1.807) is 10.9 Å². The second-order valence-corrected chi connectivity index (χ2v) is 6.61. The fourth-order valence-electron chi connectivity index (χ4n) is 3.49. The molecular formula is C16H22N4O3. The number of hydrogen-bond acceptors (Lipinski definition) is 4. The van der Waals surface area contributed by atoms with Crippen LogP contribution in [0.15, 0.2) is 12.3 Å². The van der Waals surface area contributed by atoms with Crippen LogP contribution >= 0.6 is 0 Å². The van der Waals surface area contributed by atoms with Crippen LogP contribution in [0, 0.1) is 5.92 Å². The van der Waals surface area contributed by atoms with E-state index in [2.05, 4.69) is 5.10 Å². The van der Waals surface area contributed by atoms with E-state index in [4.69, 9.17) is 4.84 Å². The maximum absolute atomic E-state index is 12.8. The number of amides is 2. The van der Waals surface area contributed by atoms with Crippen molar-refractivity contribution in [2.75, 3.05) is 19.7 Å². The van der Waals surface area contributed by atoms with E-state index in [1.165, 1.54) is 5.06 Å². The molecule has 1 aromatic rings. The number of aromatic nitrogens is 2. The molecule has 0 unspecified atom stereocenters. The van der Waals surface area contributed by atoms with Crippen molar-refractivity contribution in [2.24, 2.45) is 5.92 Å². The molecule has 1 saturated carbocycles. The Kier molecular flexibility index (Phi) is 3.80. The fraction of sp³-hybridized carbons (Fsp3) is 0.688. The largest absolute Gasteiger partial charge is 0.334 e. The molecule has 1 saturated heterocycles. The molecule has 7 heteroatoms. The molecule has 0 radical (unpaired) electrons. The SMILES string of the molecule is O=C(C1CCC1)N1Cc2ccnn2[C@H](C(=O)N2CCCCO2)C1. The minimum atomic E-state index is -0.476. The van der Waals surface area contributed by atoms with Crippen LogP contribution in [0.4, 0.5) is 0 Å². The number of hydrogen-bond donors (Lipinski definition) is 0. The van der Waals surface area contributed by atoms with Crippen LogP contribution in [0.3, 0.4) is 0 Å². The van der Waals surface area contributed by atoms with E-state index >= 15 is 0 Å². The van der Waals surface area contributed by atoms with Gasteiger partial charge in [0.1, 0.15) is 0 Å². The van der Waals surface area contributed by atoms with Gasteiger partial charge >= 0.3 is 0 Å². The van der Waals surface area contributed by atoms with Gasteiger partial charge in [0.15, 0.2) is 6.04 Å². The Bertz CT molecular complexity index is 604. The van der Waals surface area contributed by atoms with Crippen molar-refractivity contribution in [3.63, 3.8) is 0 Å². The lowest BCUT2D eigenvalue weighted by Gasteiger charge is -2.38. The van der Waals surface area contributed by atoms with Crippen molar-refractivity contribution >= 4 is 11.8 Å². The molecule has 0 spiro atoms. The third-order valence-corrected chi connectivity index (χ3v) is 5.09. The smallest absolute Gasteiger partial charge is 0.272 e. The lowest BCUT2D eigenvalue weighted by atomic mass is 9.84. The molecule has 3 heterocycles. The first-order valence-electron chi connectivity index (χ1n) is 8.49. The molecule has 23 heavy (non-hydrogen) atoms. The molecule has 2 fully saturated rings. The Balaban J connectivity index is 1.55. The van der Waals surface area contributed by atoms with E-state index in [0.29, 0.717) is 26.2 Å². The average Bonchev–Trinajstić information content (AvgIpc) is 3.01. The molecule has 1 atom stereocenters. The Morgan fingerprint density at radius 3 is 2.74 bits per heavy atom. The number of carbonyl (C=O) groups is 2. The maximum Gasteiger partial charge on any atom is 0.272 e. The van der Waals surface area contributed by atoms with Gasteiger partial charge in [-0.3, -0.25) is 19.1 Å². The van der Waals surface area contributed by atoms with Crippen molar-refractivity contribution in [1.82, 2.24) is 19.7 Å². The third kappa shape index (κ3) is 2.63. The molecule has 2 aliphatic heterocycles. The highest BCUT2D eigenvalue weighted by atomic mass is 16.7. The summed E-state index contributed by atoms with van der Waals surface area (Å²) in [4.78, 5) is 32.8. The summed E-state index contributed by atoms with van der Waals surface area (Å²) in [5.41, 5.74) is 0.916. The van der Waals surface area contributed by atoms with Crippen molar-refractivity contribution in [2.45, 2.75) is 44.7 Å². The first-order valence-corrected chi connectivity index (χ1v) is 8.49. The van der Waals surface area contributed by atoms with Gasteiger partial charge in [-0.25, -0.2) is 5.06 Å². The van der Waals surface area contributed by atoms with Gasteiger partial charge in [-0.2, -0.15) is 5.10 Å². The van der Waals surface area contributed by atoms with E-state index in [1.807, 2.05) is 11.0 Å². The summed E-state index contributed by atoms with van der Waals surface area (Å²) >= 11 is 0. The molecule has 7 nitrogen and oxygen atoms in total. The summed E-state index contributed by atoms with van der Waals surface area (Å²) in [6.45, 7) is 2.13. The van der Waals surface area contributed by atoms with Crippen LogP contribution < -0.4 is 0 Å². The summed E-state index contributed by atoms with van der Waals surface area (Å²) in [5.74, 6) is 0.230. The van der Waals surface area contributed by atoms with Gasteiger partial charge in [0.05, 0.1) is 25.4 Å². The maximum atomic E-state index is 12.8. The molecule has 1 aliphatic carbocycles. The Morgan fingerprint density at radius 1 is 1.17 bits per heavy atom. The number of carbonyl (C=O) groups excluding carboxylic acids is 2. The van der Waals surface area contributed by atoms with Crippen LogP contribution in [0.2, 0.25) is 0 Å². The molecule has 0 aromatic carbocycles. The van der Waals surface area contributed by atoms with E-state index in [9.17, 15) is 9.59 Å². The molecular weight excluding hydrogens is 296 g/mol. The van der Waals surface area contributed by atoms with E-state index < -0.39 is 6.04 Å². The molecule has 3 aliphatic rings. The summed E-state index contributed by atoms with van der Waals surface area (Å²) in [6.07, 6.45) is 6.71. The third-order valence-electron chi connectivity index (χ3n) is 5.09. The molecule has 1 aromatic heterocycles. The average molecular weight is 318 g/mol. The Morgan fingerprint density at radius 2 is 2.04 bits per heavy atom. The highest BCUT2D eigenvalue weighted by molar-refractivity contribution is 5.83. The zero-order valence-electron chi connectivity index (χ0n) is 13.2. The number of hydroxylamine groups is 2. The van der Waals surface area contributed by atoms with Crippen molar-refractivity contribution in [1.29, 1.82) is 0 Å². The highest BCUT2D eigenvalue weighted by Gasteiger charge is 2.39. The number of fused-ring (bicyclic) bond motifs is 1. The standard InChI is InChI=1S/C16H22N4O3/c21-15(12-4-3-5-12)18-10-13-6-7-17-20(13)14(11-18)16(22)19-8-1-2-9-23-19/h6-7,12,14H,1-5,8-11H2/t14-/m0/s1. The predicted molar refractivity (Wildman–Crippen MR) is 80.9 cm³/mol. The van der Waals surface area contributed by atoms with E-state index in [0.717, 1.165) is 37.8 Å². The van der Waals surface area contributed by atoms with Crippen LogP contribution in [0.1, 0.15) is 43.8 Å². The van der Waals surface area contributed by atoms with Gasteiger partial charge in [-0.1, -0.05) is 6.42 Å². The molecule has 0 bridgehead atoms. The van der Waals surface area contributed by atoms with Gasteiger partial charge in [0, 0.05) is 18.7 Å². The predicted octanol–water partition coefficient (Wildman–Crippen LogP) is 1.12. The Hall–Kier alpha value is -1.89. The normalized spacial score (nSPS) is 25.0. The first kappa shape index (κ1) is 14.7. The van der Waals surface area contributed by atoms with Gasteiger partial charge in [0.2, 0.25) is 5.91 Å². The van der Waals surface area contributed by atoms with E-state index in [-0.39, 0.29) is 17.7 Å². The van der Waals surface area contributed by atoms with Gasteiger partial charge in [-0.05, 0) is 31.7 Å². The molecule has 4 rings (SSSR count). The summed E-state index contributed by atoms with van der Waals surface area (Å²) < 4.78 is 1.75. The molecule has 2 amide bonds. The van der Waals surface area contributed by atoms with Crippen molar-refractivity contribution < 1.29 is 14.4 Å². The minimum absolute atomic E-state index is 0.0965. The van der Waals surface area contributed by atoms with Crippen molar-refractivity contribution in [3.05, 3.63) is 18.0 Å². The topological polar surface area (TPSA) is 67.7 Å². The van der Waals surface area contributed by atoms with Crippen molar-refractivity contribution in [3.8, 4) is 0 Å². The van der Waals surface area contributed by atoms with Gasteiger partial charge in [0.25, 0.3) is 5.91 Å². The lowest BCUT2D eigenvalue weighted by molar-refractivity contribution is -0.201. The van der Waals surface area contributed by atoms with Gasteiger partial charge < -0.3 is 4.90 Å². The summed E-state index contributed by atoms with van der Waals surface area (Å²) in [6, 6.07) is 1.41. The Labute approximate surface area is 135 Å². The second-order valence-electron chi connectivity index (χ2n) is 6.61. The number of nitrogens with zero attached hydrogens (tertiary/aromatic N) is 4. The van der Waals surface area contributed by atoms with Gasteiger partial charge in [-0.15, -0.1) is 0 Å².